The number of hydrogen-bond acceptors (Lipinski definition) is 3. The molecular formula is C15H22N2O2. The standard InChI is InChI=1S/C15H22N2O2/c1-4-5-15(10-18)17(3)9-13-8-14(16-11-19)7-6-12(13)2/h6-8,10-11,15H,4-5,9H2,1-3H3,(H,16,19). The smallest absolute Gasteiger partial charge is 0.211 e. The number of nitrogens with zero attached hydrogens (tertiary/aromatic N) is 1. The van der Waals surface area contributed by atoms with E-state index in [-0.39, 0.29) is 6.04 Å². The van der Waals surface area contributed by atoms with Gasteiger partial charge >= 0.3 is 0 Å². The molecule has 0 aliphatic heterocycles. The number of amides is 1. The van der Waals surface area contributed by atoms with Crippen molar-refractivity contribution in [2.75, 3.05) is 12.4 Å². The van der Waals surface area contributed by atoms with E-state index in [9.17, 15) is 9.59 Å². The number of aryl methyl sites for hydroxylation is 1. The highest BCUT2D eigenvalue weighted by molar-refractivity contribution is 5.71. The van der Waals surface area contributed by atoms with Gasteiger partial charge in [-0.2, -0.15) is 0 Å². The Hall–Kier alpha value is -1.68. The Labute approximate surface area is 114 Å². The molecule has 0 aromatic heterocycles. The summed E-state index contributed by atoms with van der Waals surface area (Å²) >= 11 is 0. The van der Waals surface area contributed by atoms with E-state index >= 15 is 0 Å². The van der Waals surface area contributed by atoms with E-state index in [1.807, 2.05) is 37.1 Å². The lowest BCUT2D eigenvalue weighted by molar-refractivity contribution is -0.112. The monoisotopic (exact) mass is 262 g/mol. The maximum absolute atomic E-state index is 11.1. The minimum Gasteiger partial charge on any atom is -0.329 e. The van der Waals surface area contributed by atoms with E-state index < -0.39 is 0 Å². The highest BCUT2D eigenvalue weighted by Gasteiger charge is 2.14. The molecule has 19 heavy (non-hydrogen) atoms. The van der Waals surface area contributed by atoms with E-state index in [1.165, 1.54) is 0 Å². The number of carbonyl (C=O) groups excluding carboxylic acids is 2. The average molecular weight is 262 g/mol. The van der Waals surface area contributed by atoms with Gasteiger partial charge in [0.2, 0.25) is 6.41 Å². The summed E-state index contributed by atoms with van der Waals surface area (Å²) < 4.78 is 0. The molecule has 1 N–H and O–H groups in total. The summed E-state index contributed by atoms with van der Waals surface area (Å²) in [5.41, 5.74) is 3.06. The fourth-order valence-electron chi connectivity index (χ4n) is 2.07. The molecule has 1 aromatic rings. The number of carbonyl (C=O) groups is 2. The second kappa shape index (κ2) is 7.69. The summed E-state index contributed by atoms with van der Waals surface area (Å²) in [5.74, 6) is 0. The molecule has 0 aliphatic rings. The first-order valence-electron chi connectivity index (χ1n) is 6.57. The zero-order valence-corrected chi connectivity index (χ0v) is 11.8. The molecule has 0 spiro atoms. The largest absolute Gasteiger partial charge is 0.329 e. The van der Waals surface area contributed by atoms with Crippen molar-refractivity contribution < 1.29 is 9.59 Å². The van der Waals surface area contributed by atoms with Crippen LogP contribution in [-0.2, 0) is 16.1 Å². The van der Waals surface area contributed by atoms with E-state index in [1.54, 1.807) is 0 Å². The number of rotatable bonds is 8. The zero-order valence-electron chi connectivity index (χ0n) is 11.8. The Morgan fingerprint density at radius 1 is 1.37 bits per heavy atom. The van der Waals surface area contributed by atoms with E-state index in [0.717, 1.165) is 35.9 Å². The minimum atomic E-state index is -0.0490. The molecule has 4 nitrogen and oxygen atoms in total. The molecule has 1 atom stereocenters. The van der Waals surface area contributed by atoms with Gasteiger partial charge in [0, 0.05) is 12.2 Å². The quantitative estimate of drug-likeness (QED) is 0.732. The predicted octanol–water partition coefficient (Wildman–Crippen LogP) is 2.36. The van der Waals surface area contributed by atoms with Crippen LogP contribution < -0.4 is 5.32 Å². The summed E-state index contributed by atoms with van der Waals surface area (Å²) in [4.78, 5) is 23.6. The topological polar surface area (TPSA) is 49.4 Å². The Bertz CT molecular complexity index is 432. The van der Waals surface area contributed by atoms with Crippen molar-refractivity contribution in [1.82, 2.24) is 4.90 Å². The lowest BCUT2D eigenvalue weighted by Crippen LogP contribution is -2.32. The second-order valence-electron chi connectivity index (χ2n) is 4.81. The van der Waals surface area contributed by atoms with Gasteiger partial charge in [-0.1, -0.05) is 19.4 Å². The summed E-state index contributed by atoms with van der Waals surface area (Å²) in [7, 11) is 1.95. The van der Waals surface area contributed by atoms with Crippen molar-refractivity contribution in [3.05, 3.63) is 29.3 Å². The molecular weight excluding hydrogens is 240 g/mol. The normalized spacial score (nSPS) is 12.2. The van der Waals surface area contributed by atoms with Crippen molar-refractivity contribution in [3.63, 3.8) is 0 Å². The first-order valence-corrected chi connectivity index (χ1v) is 6.57. The van der Waals surface area contributed by atoms with Crippen LogP contribution in [-0.4, -0.2) is 30.7 Å². The molecule has 104 valence electrons. The molecule has 0 bridgehead atoms. The van der Waals surface area contributed by atoms with E-state index in [2.05, 4.69) is 12.2 Å². The molecule has 0 heterocycles. The summed E-state index contributed by atoms with van der Waals surface area (Å²) in [6.45, 7) is 4.80. The summed E-state index contributed by atoms with van der Waals surface area (Å²) in [6.07, 6.45) is 3.53. The first kappa shape index (κ1) is 15.4. The third kappa shape index (κ3) is 4.48. The van der Waals surface area contributed by atoms with Crippen molar-refractivity contribution >= 4 is 18.4 Å². The summed E-state index contributed by atoms with van der Waals surface area (Å²) in [5, 5.41) is 2.65. The lowest BCUT2D eigenvalue weighted by atomic mass is 10.1. The SMILES string of the molecule is CCCC(C=O)N(C)Cc1cc(NC=O)ccc1C. The Morgan fingerprint density at radius 2 is 2.11 bits per heavy atom. The Morgan fingerprint density at radius 3 is 2.68 bits per heavy atom. The minimum absolute atomic E-state index is 0.0490. The molecule has 1 amide bonds. The van der Waals surface area contributed by atoms with Crippen molar-refractivity contribution in [2.45, 2.75) is 39.3 Å². The lowest BCUT2D eigenvalue weighted by Gasteiger charge is -2.24. The average Bonchev–Trinajstić information content (AvgIpc) is 2.40. The fraction of sp³-hybridized carbons (Fsp3) is 0.467. The van der Waals surface area contributed by atoms with Crippen molar-refractivity contribution in [1.29, 1.82) is 0 Å². The van der Waals surface area contributed by atoms with Gasteiger partial charge < -0.3 is 10.1 Å². The van der Waals surface area contributed by atoms with Crippen LogP contribution in [0.2, 0.25) is 0 Å². The first-order chi connectivity index (χ1) is 9.12. The molecule has 1 unspecified atom stereocenters. The highest BCUT2D eigenvalue weighted by Crippen LogP contribution is 2.17. The molecule has 0 radical (unpaired) electrons. The third-order valence-corrected chi connectivity index (χ3v) is 3.30. The third-order valence-electron chi connectivity index (χ3n) is 3.30. The molecule has 0 saturated carbocycles. The van der Waals surface area contributed by atoms with Gasteiger partial charge in [0.25, 0.3) is 0 Å². The molecule has 0 aliphatic carbocycles. The van der Waals surface area contributed by atoms with Crippen molar-refractivity contribution in [2.24, 2.45) is 0 Å². The maximum atomic E-state index is 11.1. The number of anilines is 1. The molecule has 0 saturated heterocycles. The molecule has 1 aromatic carbocycles. The van der Waals surface area contributed by atoms with Crippen LogP contribution in [0.15, 0.2) is 18.2 Å². The Kier molecular flexibility index (Phi) is 6.22. The van der Waals surface area contributed by atoms with Gasteiger partial charge in [-0.15, -0.1) is 0 Å². The second-order valence-corrected chi connectivity index (χ2v) is 4.81. The molecule has 1 rings (SSSR count). The van der Waals surface area contributed by atoms with Crippen LogP contribution in [0.3, 0.4) is 0 Å². The number of nitrogens with one attached hydrogen (secondary N) is 1. The van der Waals surface area contributed by atoms with Gasteiger partial charge in [-0.3, -0.25) is 9.69 Å². The van der Waals surface area contributed by atoms with Crippen LogP contribution in [0.1, 0.15) is 30.9 Å². The van der Waals surface area contributed by atoms with Gasteiger partial charge in [0.15, 0.2) is 0 Å². The van der Waals surface area contributed by atoms with E-state index in [4.69, 9.17) is 0 Å². The molecule has 4 heteroatoms. The number of likely N-dealkylation sites (N-methyl/N-ethyl adjacent to an activating group) is 1. The van der Waals surface area contributed by atoms with Gasteiger partial charge in [-0.25, -0.2) is 0 Å². The van der Waals surface area contributed by atoms with Crippen LogP contribution in [0, 0.1) is 6.92 Å². The van der Waals surface area contributed by atoms with Crippen LogP contribution in [0.25, 0.3) is 0 Å². The highest BCUT2D eigenvalue weighted by atomic mass is 16.1. The number of aldehydes is 1. The predicted molar refractivity (Wildman–Crippen MR) is 77.1 cm³/mol. The van der Waals surface area contributed by atoms with Gasteiger partial charge in [0.1, 0.15) is 6.29 Å². The van der Waals surface area contributed by atoms with E-state index in [0.29, 0.717) is 13.0 Å². The summed E-state index contributed by atoms with van der Waals surface area (Å²) in [6, 6.07) is 5.75. The van der Waals surface area contributed by atoms with Gasteiger partial charge in [-0.05, 0) is 43.7 Å². The molecule has 0 fully saturated rings. The van der Waals surface area contributed by atoms with Crippen molar-refractivity contribution in [3.8, 4) is 0 Å². The number of benzene rings is 1. The van der Waals surface area contributed by atoms with Crippen LogP contribution >= 0.6 is 0 Å². The van der Waals surface area contributed by atoms with Crippen LogP contribution in [0.4, 0.5) is 5.69 Å². The van der Waals surface area contributed by atoms with Crippen LogP contribution in [0.5, 0.6) is 0 Å². The zero-order chi connectivity index (χ0) is 14.3. The number of hydrogen-bond donors (Lipinski definition) is 1. The maximum Gasteiger partial charge on any atom is 0.211 e. The fourth-order valence-corrected chi connectivity index (χ4v) is 2.07. The Balaban J connectivity index is 2.82. The van der Waals surface area contributed by atoms with Gasteiger partial charge in [0.05, 0.1) is 6.04 Å².